The van der Waals surface area contributed by atoms with E-state index in [9.17, 15) is 0 Å². The number of methoxy groups -OCH3 is 1. The molecule has 0 radical (unpaired) electrons. The van der Waals surface area contributed by atoms with E-state index in [1.54, 1.807) is 13.4 Å². The Hall–Kier alpha value is -3.31. The smallest absolute Gasteiger partial charge is 0.152 e. The zero-order valence-electron chi connectivity index (χ0n) is 17.7. The number of rotatable bonds is 8. The van der Waals surface area contributed by atoms with E-state index in [0.29, 0.717) is 0 Å². The molecule has 0 spiro atoms. The van der Waals surface area contributed by atoms with Gasteiger partial charge in [-0.05, 0) is 60.6 Å². The van der Waals surface area contributed by atoms with Crippen LogP contribution >= 0.6 is 0 Å². The quantitative estimate of drug-likeness (QED) is 0.383. The summed E-state index contributed by atoms with van der Waals surface area (Å²) in [6.07, 6.45) is 3.66. The molecule has 0 aliphatic heterocycles. The van der Waals surface area contributed by atoms with Gasteiger partial charge in [0.25, 0.3) is 0 Å². The molecule has 5 heteroatoms. The summed E-state index contributed by atoms with van der Waals surface area (Å²) in [5.41, 5.74) is 5.47. The molecule has 0 aliphatic carbocycles. The van der Waals surface area contributed by atoms with Crippen LogP contribution in [0, 0.1) is 0 Å². The number of ether oxygens (including phenoxy) is 1. The van der Waals surface area contributed by atoms with Gasteiger partial charge in [0.05, 0.1) is 25.3 Å². The summed E-state index contributed by atoms with van der Waals surface area (Å²) < 4.78 is 13.0. The van der Waals surface area contributed by atoms with Crippen molar-refractivity contribution in [2.24, 2.45) is 0 Å². The first-order chi connectivity index (χ1) is 14.7. The number of aromatic nitrogens is 2. The molecule has 154 valence electrons. The van der Waals surface area contributed by atoms with Crippen LogP contribution in [0.2, 0.25) is 0 Å². The van der Waals surface area contributed by atoms with Crippen molar-refractivity contribution in [3.63, 3.8) is 0 Å². The maximum atomic E-state index is 5.75. The lowest BCUT2D eigenvalue weighted by molar-refractivity contribution is 0.296. The third-order valence-corrected chi connectivity index (χ3v) is 5.42. The van der Waals surface area contributed by atoms with Gasteiger partial charge in [-0.15, -0.1) is 0 Å². The molecule has 0 saturated heterocycles. The van der Waals surface area contributed by atoms with Crippen molar-refractivity contribution in [3.05, 3.63) is 78.7 Å². The Labute approximate surface area is 177 Å². The maximum Gasteiger partial charge on any atom is 0.152 e. The highest BCUT2D eigenvalue weighted by molar-refractivity contribution is 5.67. The standard InChI is InChI=1S/C25H27N3O2/c1-4-27(5-2)18-21-17-26-28(25(21)24-7-6-16-30-24)22-12-8-19(9-13-22)20-10-14-23(29-3)15-11-20/h6-17H,4-5,18H2,1-3H3. The highest BCUT2D eigenvalue weighted by Crippen LogP contribution is 2.29. The number of furan rings is 1. The van der Waals surface area contributed by atoms with Crippen LogP contribution in [0.3, 0.4) is 0 Å². The Bertz CT molecular complexity index is 1060. The van der Waals surface area contributed by atoms with E-state index in [0.717, 1.165) is 59.2 Å². The van der Waals surface area contributed by atoms with Crippen LogP contribution in [0.5, 0.6) is 5.75 Å². The summed E-state index contributed by atoms with van der Waals surface area (Å²) in [4.78, 5) is 2.38. The van der Waals surface area contributed by atoms with Crippen molar-refractivity contribution in [1.82, 2.24) is 14.7 Å². The summed E-state index contributed by atoms with van der Waals surface area (Å²) in [6.45, 7) is 7.19. The van der Waals surface area contributed by atoms with Gasteiger partial charge in [0, 0.05) is 12.1 Å². The van der Waals surface area contributed by atoms with E-state index in [4.69, 9.17) is 14.3 Å². The van der Waals surface area contributed by atoms with Crippen LogP contribution in [-0.4, -0.2) is 34.9 Å². The third kappa shape index (κ3) is 4.02. The van der Waals surface area contributed by atoms with Gasteiger partial charge in [0.15, 0.2) is 5.76 Å². The molecule has 30 heavy (non-hydrogen) atoms. The molecule has 2 aromatic carbocycles. The predicted octanol–water partition coefficient (Wildman–Crippen LogP) is 5.65. The fourth-order valence-corrected chi connectivity index (χ4v) is 3.64. The lowest BCUT2D eigenvalue weighted by Crippen LogP contribution is -2.22. The maximum absolute atomic E-state index is 5.75. The van der Waals surface area contributed by atoms with Gasteiger partial charge < -0.3 is 9.15 Å². The zero-order valence-corrected chi connectivity index (χ0v) is 17.7. The molecule has 2 heterocycles. The van der Waals surface area contributed by atoms with Crippen LogP contribution in [0.15, 0.2) is 77.5 Å². The van der Waals surface area contributed by atoms with E-state index >= 15 is 0 Å². The zero-order chi connectivity index (χ0) is 20.9. The minimum absolute atomic E-state index is 0.828. The highest BCUT2D eigenvalue weighted by atomic mass is 16.5. The van der Waals surface area contributed by atoms with Crippen LogP contribution in [0.1, 0.15) is 19.4 Å². The second kappa shape index (κ2) is 9.01. The first-order valence-corrected chi connectivity index (χ1v) is 10.3. The van der Waals surface area contributed by atoms with Crippen LogP contribution < -0.4 is 4.74 Å². The monoisotopic (exact) mass is 401 g/mol. The SMILES string of the molecule is CCN(CC)Cc1cnn(-c2ccc(-c3ccc(OC)cc3)cc2)c1-c1ccco1. The lowest BCUT2D eigenvalue weighted by Gasteiger charge is -2.18. The van der Waals surface area contributed by atoms with Gasteiger partial charge in [-0.25, -0.2) is 4.68 Å². The molecular formula is C25H27N3O2. The summed E-state index contributed by atoms with van der Waals surface area (Å²) in [5.74, 6) is 1.68. The average molecular weight is 402 g/mol. The topological polar surface area (TPSA) is 43.4 Å². The summed E-state index contributed by atoms with van der Waals surface area (Å²) in [5, 5.41) is 4.70. The minimum Gasteiger partial charge on any atom is -0.497 e. The molecule has 0 unspecified atom stereocenters. The fraction of sp³-hybridized carbons (Fsp3) is 0.240. The molecule has 0 N–H and O–H groups in total. The van der Waals surface area contributed by atoms with Gasteiger partial charge in [-0.3, -0.25) is 4.90 Å². The van der Waals surface area contributed by atoms with Gasteiger partial charge >= 0.3 is 0 Å². The van der Waals surface area contributed by atoms with Gasteiger partial charge in [-0.2, -0.15) is 5.10 Å². The third-order valence-electron chi connectivity index (χ3n) is 5.42. The molecule has 0 bridgehead atoms. The van der Waals surface area contributed by atoms with Gasteiger partial charge in [0.1, 0.15) is 11.4 Å². The van der Waals surface area contributed by atoms with Crippen molar-refractivity contribution >= 4 is 0 Å². The van der Waals surface area contributed by atoms with Crippen molar-refractivity contribution in [1.29, 1.82) is 0 Å². The summed E-state index contributed by atoms with van der Waals surface area (Å²) >= 11 is 0. The van der Waals surface area contributed by atoms with Crippen molar-refractivity contribution in [2.45, 2.75) is 20.4 Å². The molecule has 4 aromatic rings. The Balaban J connectivity index is 1.68. The molecule has 4 rings (SSSR count). The second-order valence-corrected chi connectivity index (χ2v) is 7.14. The van der Waals surface area contributed by atoms with E-state index in [-0.39, 0.29) is 0 Å². The molecule has 0 fully saturated rings. The van der Waals surface area contributed by atoms with E-state index in [1.807, 2.05) is 35.1 Å². The van der Waals surface area contributed by atoms with Crippen LogP contribution in [-0.2, 0) is 6.54 Å². The molecule has 2 aromatic heterocycles. The van der Waals surface area contributed by atoms with Crippen molar-refractivity contribution in [2.75, 3.05) is 20.2 Å². The van der Waals surface area contributed by atoms with E-state index < -0.39 is 0 Å². The van der Waals surface area contributed by atoms with Crippen LogP contribution in [0.25, 0.3) is 28.3 Å². The van der Waals surface area contributed by atoms with Gasteiger partial charge in [0.2, 0.25) is 0 Å². The van der Waals surface area contributed by atoms with Crippen molar-refractivity contribution < 1.29 is 9.15 Å². The summed E-state index contributed by atoms with van der Waals surface area (Å²) in [6, 6.07) is 20.4. The van der Waals surface area contributed by atoms with E-state index in [2.05, 4.69) is 55.1 Å². The van der Waals surface area contributed by atoms with Crippen LogP contribution in [0.4, 0.5) is 0 Å². The van der Waals surface area contributed by atoms with Crippen molar-refractivity contribution in [3.8, 4) is 34.0 Å². The second-order valence-electron chi connectivity index (χ2n) is 7.14. The Morgan fingerprint density at radius 1 is 0.933 bits per heavy atom. The predicted molar refractivity (Wildman–Crippen MR) is 120 cm³/mol. The summed E-state index contributed by atoms with van der Waals surface area (Å²) in [7, 11) is 1.68. The normalized spacial score (nSPS) is 11.2. The number of nitrogens with zero attached hydrogens (tertiary/aromatic N) is 3. The molecular weight excluding hydrogens is 374 g/mol. The Morgan fingerprint density at radius 3 is 2.17 bits per heavy atom. The average Bonchev–Trinajstić information content (AvgIpc) is 3.47. The Morgan fingerprint density at radius 2 is 1.60 bits per heavy atom. The largest absolute Gasteiger partial charge is 0.497 e. The lowest BCUT2D eigenvalue weighted by atomic mass is 10.1. The van der Waals surface area contributed by atoms with Gasteiger partial charge in [-0.1, -0.05) is 38.1 Å². The number of hydrogen-bond acceptors (Lipinski definition) is 4. The molecule has 0 amide bonds. The molecule has 5 nitrogen and oxygen atoms in total. The van der Waals surface area contributed by atoms with E-state index in [1.165, 1.54) is 0 Å². The molecule has 0 aliphatic rings. The first kappa shape index (κ1) is 20.0. The number of hydrogen-bond donors (Lipinski definition) is 0. The number of benzene rings is 2. The molecule has 0 saturated carbocycles. The Kier molecular flexibility index (Phi) is 6.00. The molecule has 0 atom stereocenters. The fourth-order valence-electron chi connectivity index (χ4n) is 3.64. The minimum atomic E-state index is 0.828. The first-order valence-electron chi connectivity index (χ1n) is 10.3. The highest BCUT2D eigenvalue weighted by Gasteiger charge is 2.18.